The Hall–Kier alpha value is -2.36. The van der Waals surface area contributed by atoms with E-state index in [2.05, 4.69) is 0 Å². The van der Waals surface area contributed by atoms with Gasteiger partial charge in [0.1, 0.15) is 23.0 Å². The van der Waals surface area contributed by atoms with E-state index in [9.17, 15) is 0 Å². The van der Waals surface area contributed by atoms with Gasteiger partial charge in [-0.3, -0.25) is 0 Å². The van der Waals surface area contributed by atoms with E-state index in [-0.39, 0.29) is 0 Å². The molecule has 0 aliphatic carbocycles. The molecule has 4 nitrogen and oxygen atoms in total. The highest BCUT2D eigenvalue weighted by Crippen LogP contribution is 2.42. The van der Waals surface area contributed by atoms with Crippen molar-refractivity contribution in [3.8, 4) is 34.1 Å². The van der Waals surface area contributed by atoms with Crippen LogP contribution in [0.4, 0.5) is 0 Å². The highest BCUT2D eigenvalue weighted by atomic mass is 16.5. The molecule has 0 heterocycles. The van der Waals surface area contributed by atoms with Crippen LogP contribution in [0, 0.1) is 0 Å². The van der Waals surface area contributed by atoms with Crippen LogP contribution in [0.3, 0.4) is 0 Å². The van der Waals surface area contributed by atoms with Gasteiger partial charge in [0.05, 0.1) is 34.0 Å². The molecule has 106 valence electrons. The minimum absolute atomic E-state index is 0.686. The molecule has 0 aromatic heterocycles. The van der Waals surface area contributed by atoms with Crippen molar-refractivity contribution >= 4 is 0 Å². The summed E-state index contributed by atoms with van der Waals surface area (Å²) >= 11 is 0. The van der Waals surface area contributed by atoms with Crippen LogP contribution in [0.5, 0.6) is 23.0 Å². The SMILES string of the molecule is COc1cccc(-c2c(OC)cc(OC)cc2OC)c1. The molecule has 0 N–H and O–H groups in total. The van der Waals surface area contributed by atoms with E-state index in [0.29, 0.717) is 17.2 Å². The first-order valence-electron chi connectivity index (χ1n) is 6.18. The van der Waals surface area contributed by atoms with Crippen molar-refractivity contribution in [1.29, 1.82) is 0 Å². The van der Waals surface area contributed by atoms with E-state index in [0.717, 1.165) is 16.9 Å². The molecule has 0 aliphatic rings. The Bertz CT molecular complexity index is 568. The molecule has 2 aromatic carbocycles. The molecule has 0 spiro atoms. The van der Waals surface area contributed by atoms with E-state index < -0.39 is 0 Å². The van der Waals surface area contributed by atoms with Crippen molar-refractivity contribution in [2.45, 2.75) is 0 Å². The van der Waals surface area contributed by atoms with E-state index in [1.807, 2.05) is 36.4 Å². The van der Waals surface area contributed by atoms with Gasteiger partial charge in [0, 0.05) is 12.1 Å². The Morgan fingerprint density at radius 2 is 1.25 bits per heavy atom. The van der Waals surface area contributed by atoms with E-state index in [4.69, 9.17) is 18.9 Å². The molecule has 0 radical (unpaired) electrons. The van der Waals surface area contributed by atoms with Crippen LogP contribution < -0.4 is 18.9 Å². The highest BCUT2D eigenvalue weighted by Gasteiger charge is 2.15. The third-order valence-corrected chi connectivity index (χ3v) is 3.07. The summed E-state index contributed by atoms with van der Waals surface area (Å²) in [6.45, 7) is 0. The number of benzene rings is 2. The van der Waals surface area contributed by atoms with Crippen LogP contribution in [-0.4, -0.2) is 28.4 Å². The second-order valence-corrected chi connectivity index (χ2v) is 4.14. The second kappa shape index (κ2) is 6.19. The smallest absolute Gasteiger partial charge is 0.134 e. The first-order valence-corrected chi connectivity index (χ1v) is 6.18. The van der Waals surface area contributed by atoms with E-state index in [1.165, 1.54) is 0 Å². The molecule has 0 bridgehead atoms. The molecular weight excluding hydrogens is 256 g/mol. The van der Waals surface area contributed by atoms with Crippen LogP contribution in [0.2, 0.25) is 0 Å². The summed E-state index contributed by atoms with van der Waals surface area (Å²) in [4.78, 5) is 0. The van der Waals surface area contributed by atoms with E-state index >= 15 is 0 Å². The summed E-state index contributed by atoms with van der Waals surface area (Å²) in [7, 11) is 6.50. The van der Waals surface area contributed by atoms with Crippen LogP contribution in [-0.2, 0) is 0 Å². The molecule has 2 rings (SSSR count). The topological polar surface area (TPSA) is 36.9 Å². The lowest BCUT2D eigenvalue weighted by Crippen LogP contribution is -1.95. The lowest BCUT2D eigenvalue weighted by Gasteiger charge is -2.15. The summed E-state index contributed by atoms with van der Waals surface area (Å²) in [5.41, 5.74) is 1.83. The lowest BCUT2D eigenvalue weighted by molar-refractivity contribution is 0.377. The normalized spacial score (nSPS) is 10.0. The number of rotatable bonds is 5. The fourth-order valence-corrected chi connectivity index (χ4v) is 2.07. The van der Waals surface area contributed by atoms with Gasteiger partial charge in [-0.15, -0.1) is 0 Å². The molecule has 0 saturated heterocycles. The summed E-state index contributed by atoms with van der Waals surface area (Å²) in [5.74, 6) is 2.84. The zero-order valence-corrected chi connectivity index (χ0v) is 12.1. The number of hydrogen-bond acceptors (Lipinski definition) is 4. The highest BCUT2D eigenvalue weighted by molar-refractivity contribution is 5.79. The Morgan fingerprint density at radius 1 is 0.650 bits per heavy atom. The third kappa shape index (κ3) is 2.64. The average Bonchev–Trinajstić information content (AvgIpc) is 2.53. The van der Waals surface area contributed by atoms with Gasteiger partial charge < -0.3 is 18.9 Å². The molecule has 0 unspecified atom stereocenters. The van der Waals surface area contributed by atoms with Crippen LogP contribution in [0.25, 0.3) is 11.1 Å². The summed E-state index contributed by atoms with van der Waals surface area (Å²) in [6, 6.07) is 11.4. The lowest BCUT2D eigenvalue weighted by atomic mass is 10.0. The molecule has 20 heavy (non-hydrogen) atoms. The fraction of sp³-hybridized carbons (Fsp3) is 0.250. The zero-order chi connectivity index (χ0) is 14.5. The van der Waals surface area contributed by atoms with E-state index in [1.54, 1.807) is 28.4 Å². The van der Waals surface area contributed by atoms with Crippen LogP contribution in [0.15, 0.2) is 36.4 Å². The molecule has 2 aromatic rings. The minimum Gasteiger partial charge on any atom is -0.497 e. The van der Waals surface area contributed by atoms with Crippen LogP contribution in [0.1, 0.15) is 0 Å². The van der Waals surface area contributed by atoms with Crippen molar-refractivity contribution in [1.82, 2.24) is 0 Å². The number of ether oxygens (including phenoxy) is 4. The standard InChI is InChI=1S/C16H18O4/c1-17-12-7-5-6-11(8-12)16-14(19-3)9-13(18-2)10-15(16)20-4/h5-10H,1-4H3. The minimum atomic E-state index is 0.686. The largest absolute Gasteiger partial charge is 0.497 e. The fourth-order valence-electron chi connectivity index (χ4n) is 2.07. The second-order valence-electron chi connectivity index (χ2n) is 4.14. The summed E-state index contributed by atoms with van der Waals surface area (Å²) in [5, 5.41) is 0. The van der Waals surface area contributed by atoms with Gasteiger partial charge in [0.2, 0.25) is 0 Å². The Balaban J connectivity index is 2.64. The van der Waals surface area contributed by atoms with Crippen molar-refractivity contribution in [3.05, 3.63) is 36.4 Å². The van der Waals surface area contributed by atoms with Gasteiger partial charge in [-0.1, -0.05) is 12.1 Å². The van der Waals surface area contributed by atoms with Gasteiger partial charge in [0.15, 0.2) is 0 Å². The summed E-state index contributed by atoms with van der Waals surface area (Å²) < 4.78 is 21.4. The zero-order valence-electron chi connectivity index (χ0n) is 12.1. The quantitative estimate of drug-likeness (QED) is 0.837. The molecule has 0 saturated carbocycles. The van der Waals surface area contributed by atoms with Crippen molar-refractivity contribution < 1.29 is 18.9 Å². The maximum atomic E-state index is 5.46. The molecule has 0 amide bonds. The van der Waals surface area contributed by atoms with Crippen molar-refractivity contribution in [3.63, 3.8) is 0 Å². The number of hydrogen-bond donors (Lipinski definition) is 0. The van der Waals surface area contributed by atoms with Gasteiger partial charge in [-0.25, -0.2) is 0 Å². The predicted molar refractivity (Wildman–Crippen MR) is 78.1 cm³/mol. The van der Waals surface area contributed by atoms with Crippen LogP contribution >= 0.6 is 0 Å². The van der Waals surface area contributed by atoms with Crippen molar-refractivity contribution in [2.75, 3.05) is 28.4 Å². The summed E-state index contributed by atoms with van der Waals surface area (Å²) in [6.07, 6.45) is 0. The Kier molecular flexibility index (Phi) is 4.35. The van der Waals surface area contributed by atoms with Gasteiger partial charge in [-0.2, -0.15) is 0 Å². The first-order chi connectivity index (χ1) is 9.73. The van der Waals surface area contributed by atoms with Crippen molar-refractivity contribution in [2.24, 2.45) is 0 Å². The Labute approximate surface area is 118 Å². The predicted octanol–water partition coefficient (Wildman–Crippen LogP) is 3.39. The molecule has 4 heteroatoms. The number of methoxy groups -OCH3 is 4. The third-order valence-electron chi connectivity index (χ3n) is 3.07. The monoisotopic (exact) mass is 274 g/mol. The van der Waals surface area contributed by atoms with Gasteiger partial charge >= 0.3 is 0 Å². The molecule has 0 fully saturated rings. The van der Waals surface area contributed by atoms with Gasteiger partial charge in [-0.05, 0) is 17.7 Å². The van der Waals surface area contributed by atoms with Gasteiger partial charge in [0.25, 0.3) is 0 Å². The molecule has 0 atom stereocenters. The first kappa shape index (κ1) is 14.1. The maximum absolute atomic E-state index is 5.46. The average molecular weight is 274 g/mol. The molecule has 0 aliphatic heterocycles. The maximum Gasteiger partial charge on any atom is 0.134 e. The Morgan fingerprint density at radius 3 is 1.75 bits per heavy atom. The molecular formula is C16H18O4.